The molecule has 0 aromatic heterocycles. The van der Waals surface area contributed by atoms with Crippen LogP contribution in [0.5, 0.6) is 0 Å². The van der Waals surface area contributed by atoms with E-state index in [1.807, 2.05) is 0 Å². The predicted octanol–water partition coefficient (Wildman–Crippen LogP) is 0.199. The zero-order valence-corrected chi connectivity index (χ0v) is 9.74. The van der Waals surface area contributed by atoms with Crippen LogP contribution in [-0.2, 0) is 4.74 Å². The topological polar surface area (TPSA) is 58.7 Å². The monoisotopic (exact) mass is 216 g/mol. The SMILES string of the molecule is CC(O)(CN)CCCN1CCCOCC1. The van der Waals surface area contributed by atoms with Gasteiger partial charge in [0.05, 0.1) is 12.2 Å². The third-order valence-corrected chi connectivity index (χ3v) is 2.94. The Balaban J connectivity index is 2.13. The number of nitrogens with two attached hydrogens (primary N) is 1. The van der Waals surface area contributed by atoms with Crippen LogP contribution in [0.15, 0.2) is 0 Å². The highest BCUT2D eigenvalue weighted by molar-refractivity contribution is 4.74. The molecule has 1 heterocycles. The molecule has 1 rings (SSSR count). The molecule has 0 aromatic rings. The van der Waals surface area contributed by atoms with E-state index in [1.165, 1.54) is 0 Å². The minimum Gasteiger partial charge on any atom is -0.389 e. The molecule has 0 saturated carbocycles. The van der Waals surface area contributed by atoms with Crippen molar-refractivity contribution >= 4 is 0 Å². The Morgan fingerprint density at radius 2 is 2.20 bits per heavy atom. The molecule has 4 heteroatoms. The van der Waals surface area contributed by atoms with Gasteiger partial charge in [-0.25, -0.2) is 0 Å². The molecule has 0 spiro atoms. The van der Waals surface area contributed by atoms with Crippen molar-refractivity contribution in [2.24, 2.45) is 5.73 Å². The molecule has 0 aromatic carbocycles. The van der Waals surface area contributed by atoms with Gasteiger partial charge < -0.3 is 20.5 Å². The van der Waals surface area contributed by atoms with Crippen LogP contribution in [0.1, 0.15) is 26.2 Å². The van der Waals surface area contributed by atoms with E-state index < -0.39 is 5.60 Å². The number of aliphatic hydroxyl groups is 1. The van der Waals surface area contributed by atoms with Crippen molar-refractivity contribution in [3.63, 3.8) is 0 Å². The second kappa shape index (κ2) is 6.43. The zero-order valence-electron chi connectivity index (χ0n) is 9.74. The number of hydrogen-bond acceptors (Lipinski definition) is 4. The zero-order chi connectivity index (χ0) is 11.1. The molecule has 0 bridgehead atoms. The Hall–Kier alpha value is -0.160. The van der Waals surface area contributed by atoms with Crippen molar-refractivity contribution < 1.29 is 9.84 Å². The summed E-state index contributed by atoms with van der Waals surface area (Å²) >= 11 is 0. The molecule has 0 amide bonds. The summed E-state index contributed by atoms with van der Waals surface area (Å²) in [4.78, 5) is 2.40. The Bertz CT molecular complexity index is 166. The lowest BCUT2D eigenvalue weighted by atomic mass is 10.0. The summed E-state index contributed by atoms with van der Waals surface area (Å²) in [6, 6.07) is 0. The van der Waals surface area contributed by atoms with Gasteiger partial charge in [0, 0.05) is 26.2 Å². The number of rotatable bonds is 5. The lowest BCUT2D eigenvalue weighted by Gasteiger charge is -2.24. The molecule has 90 valence electrons. The highest BCUT2D eigenvalue weighted by atomic mass is 16.5. The third kappa shape index (κ3) is 5.47. The standard InChI is InChI=1S/C11H24N2O2/c1-11(14,10-12)4-2-5-13-6-3-8-15-9-7-13/h14H,2-10,12H2,1H3. The van der Waals surface area contributed by atoms with E-state index in [0.717, 1.165) is 52.1 Å². The molecule has 1 fully saturated rings. The lowest BCUT2D eigenvalue weighted by molar-refractivity contribution is 0.0542. The van der Waals surface area contributed by atoms with Crippen LogP contribution >= 0.6 is 0 Å². The highest BCUT2D eigenvalue weighted by Crippen LogP contribution is 2.11. The van der Waals surface area contributed by atoms with E-state index >= 15 is 0 Å². The van der Waals surface area contributed by atoms with E-state index in [1.54, 1.807) is 6.92 Å². The van der Waals surface area contributed by atoms with Gasteiger partial charge in [-0.15, -0.1) is 0 Å². The summed E-state index contributed by atoms with van der Waals surface area (Å²) in [6.07, 6.45) is 2.90. The van der Waals surface area contributed by atoms with E-state index in [4.69, 9.17) is 10.5 Å². The summed E-state index contributed by atoms with van der Waals surface area (Å²) in [5, 5.41) is 9.74. The Kier molecular flexibility index (Phi) is 5.53. The van der Waals surface area contributed by atoms with Crippen molar-refractivity contribution in [1.82, 2.24) is 4.90 Å². The molecule has 0 aliphatic carbocycles. The fourth-order valence-electron chi connectivity index (χ4n) is 1.81. The van der Waals surface area contributed by atoms with Crippen LogP contribution in [0.3, 0.4) is 0 Å². The smallest absolute Gasteiger partial charge is 0.0741 e. The van der Waals surface area contributed by atoms with Gasteiger partial charge in [0.2, 0.25) is 0 Å². The molecule has 0 radical (unpaired) electrons. The first-order valence-corrected chi connectivity index (χ1v) is 5.86. The van der Waals surface area contributed by atoms with Gasteiger partial charge in [0.1, 0.15) is 0 Å². The molecule has 4 nitrogen and oxygen atoms in total. The molecular weight excluding hydrogens is 192 g/mol. The van der Waals surface area contributed by atoms with E-state index in [-0.39, 0.29) is 0 Å². The molecule has 1 unspecified atom stereocenters. The fraction of sp³-hybridized carbons (Fsp3) is 1.00. The van der Waals surface area contributed by atoms with Gasteiger partial charge in [-0.05, 0) is 32.7 Å². The van der Waals surface area contributed by atoms with Crippen molar-refractivity contribution in [3.8, 4) is 0 Å². The quantitative estimate of drug-likeness (QED) is 0.689. The van der Waals surface area contributed by atoms with Crippen LogP contribution in [-0.4, -0.2) is 55.0 Å². The average molecular weight is 216 g/mol. The third-order valence-electron chi connectivity index (χ3n) is 2.94. The Morgan fingerprint density at radius 1 is 1.40 bits per heavy atom. The van der Waals surface area contributed by atoms with Gasteiger partial charge in [0.15, 0.2) is 0 Å². The maximum Gasteiger partial charge on any atom is 0.0741 e. The maximum atomic E-state index is 9.74. The lowest BCUT2D eigenvalue weighted by Crippen LogP contribution is -2.35. The van der Waals surface area contributed by atoms with Crippen molar-refractivity contribution in [2.45, 2.75) is 31.8 Å². The number of hydrogen-bond donors (Lipinski definition) is 2. The normalized spacial score (nSPS) is 23.4. The number of nitrogens with zero attached hydrogens (tertiary/aromatic N) is 1. The van der Waals surface area contributed by atoms with Crippen LogP contribution in [0, 0.1) is 0 Å². The summed E-state index contributed by atoms with van der Waals surface area (Å²) in [5.74, 6) is 0. The molecule has 1 atom stereocenters. The summed E-state index contributed by atoms with van der Waals surface area (Å²) in [7, 11) is 0. The molecule has 3 N–H and O–H groups in total. The van der Waals surface area contributed by atoms with Gasteiger partial charge in [-0.3, -0.25) is 0 Å². The van der Waals surface area contributed by atoms with Gasteiger partial charge in [-0.1, -0.05) is 0 Å². The maximum absolute atomic E-state index is 9.74. The highest BCUT2D eigenvalue weighted by Gasteiger charge is 2.18. The fourth-order valence-corrected chi connectivity index (χ4v) is 1.81. The van der Waals surface area contributed by atoms with E-state index in [9.17, 15) is 5.11 Å². The average Bonchev–Trinajstić information content (AvgIpc) is 2.46. The molecular formula is C11H24N2O2. The second-order valence-electron chi connectivity index (χ2n) is 4.61. The second-order valence-corrected chi connectivity index (χ2v) is 4.61. The van der Waals surface area contributed by atoms with E-state index in [0.29, 0.717) is 6.54 Å². The van der Waals surface area contributed by atoms with Gasteiger partial charge in [-0.2, -0.15) is 0 Å². The molecule has 1 saturated heterocycles. The van der Waals surface area contributed by atoms with Crippen molar-refractivity contribution in [2.75, 3.05) is 39.4 Å². The minimum atomic E-state index is -0.692. The predicted molar refractivity (Wildman–Crippen MR) is 60.8 cm³/mol. The van der Waals surface area contributed by atoms with Crippen molar-refractivity contribution in [1.29, 1.82) is 0 Å². The van der Waals surface area contributed by atoms with Gasteiger partial charge >= 0.3 is 0 Å². The van der Waals surface area contributed by atoms with E-state index in [2.05, 4.69) is 4.90 Å². The van der Waals surface area contributed by atoms with Crippen LogP contribution < -0.4 is 5.73 Å². The summed E-state index contributed by atoms with van der Waals surface area (Å²) < 4.78 is 5.38. The minimum absolute atomic E-state index is 0.343. The first-order chi connectivity index (χ1) is 7.14. The first kappa shape index (κ1) is 12.9. The van der Waals surface area contributed by atoms with Crippen LogP contribution in [0.4, 0.5) is 0 Å². The summed E-state index contributed by atoms with van der Waals surface area (Å²) in [5.41, 5.74) is 4.77. The number of ether oxygens (including phenoxy) is 1. The van der Waals surface area contributed by atoms with Crippen LogP contribution in [0.25, 0.3) is 0 Å². The van der Waals surface area contributed by atoms with Crippen molar-refractivity contribution in [3.05, 3.63) is 0 Å². The van der Waals surface area contributed by atoms with Crippen LogP contribution in [0.2, 0.25) is 0 Å². The molecule has 15 heavy (non-hydrogen) atoms. The molecule has 1 aliphatic rings. The first-order valence-electron chi connectivity index (χ1n) is 5.86. The molecule has 1 aliphatic heterocycles. The Labute approximate surface area is 92.4 Å². The largest absolute Gasteiger partial charge is 0.389 e. The summed E-state index contributed by atoms with van der Waals surface area (Å²) in [6.45, 7) is 7.05. The Morgan fingerprint density at radius 3 is 2.93 bits per heavy atom. The van der Waals surface area contributed by atoms with Gasteiger partial charge in [0.25, 0.3) is 0 Å².